The third kappa shape index (κ3) is 6.86. The van der Waals surface area contributed by atoms with Gasteiger partial charge in [0.15, 0.2) is 0 Å². The Morgan fingerprint density at radius 2 is 1.76 bits per heavy atom. The zero-order chi connectivity index (χ0) is 24.7. The summed E-state index contributed by atoms with van der Waals surface area (Å²) >= 11 is 0. The van der Waals surface area contributed by atoms with Crippen LogP contribution in [0.2, 0.25) is 0 Å². The molecule has 2 aliphatic rings. The van der Waals surface area contributed by atoms with Crippen molar-refractivity contribution in [3.63, 3.8) is 0 Å². The second kappa shape index (κ2) is 11.6. The minimum Gasteiger partial charge on any atom is -0.480 e. The standard InChI is InChI=1S/C19H30N6O8/c1-10(17(31)22-8-16(29)30)23-14(27)7-21-18(32)13-5-11(26)9-25(13)19(33)12-3-2-4-24(12)15(28)6-20/h10-13,26H,2-9,20H2,1H3,(H,21,32)(H,22,31)(H,23,27)(H,29,30). The summed E-state index contributed by atoms with van der Waals surface area (Å²) in [4.78, 5) is 74.6. The van der Waals surface area contributed by atoms with Crippen molar-refractivity contribution in [2.45, 2.75) is 50.4 Å². The highest BCUT2D eigenvalue weighted by Gasteiger charge is 2.44. The van der Waals surface area contributed by atoms with Crippen molar-refractivity contribution in [2.24, 2.45) is 5.73 Å². The lowest BCUT2D eigenvalue weighted by Gasteiger charge is -2.30. The minimum atomic E-state index is -1.24. The lowest BCUT2D eigenvalue weighted by atomic mass is 10.1. The number of β-amino-alcohol motifs (C(OH)–C–C–N with tert-alkyl or cyclic N) is 1. The third-order valence-electron chi connectivity index (χ3n) is 5.51. The largest absolute Gasteiger partial charge is 0.480 e. The van der Waals surface area contributed by atoms with E-state index in [4.69, 9.17) is 10.8 Å². The lowest BCUT2D eigenvalue weighted by molar-refractivity contribution is -0.146. The van der Waals surface area contributed by atoms with Crippen LogP contribution < -0.4 is 21.7 Å². The molecule has 0 aliphatic carbocycles. The first-order valence-electron chi connectivity index (χ1n) is 10.6. The predicted octanol–water partition coefficient (Wildman–Crippen LogP) is -4.28. The Bertz CT molecular complexity index is 805. The molecule has 0 aromatic carbocycles. The molecule has 4 unspecified atom stereocenters. The van der Waals surface area contributed by atoms with E-state index >= 15 is 0 Å². The lowest BCUT2D eigenvalue weighted by Crippen LogP contribution is -2.54. The molecule has 184 valence electrons. The fourth-order valence-corrected chi connectivity index (χ4v) is 3.90. The molecule has 0 spiro atoms. The van der Waals surface area contributed by atoms with E-state index in [1.807, 2.05) is 0 Å². The van der Waals surface area contributed by atoms with Gasteiger partial charge in [0.2, 0.25) is 29.5 Å². The normalized spacial score (nSPS) is 23.1. The molecule has 14 heteroatoms. The van der Waals surface area contributed by atoms with Crippen molar-refractivity contribution >= 4 is 35.5 Å². The van der Waals surface area contributed by atoms with Gasteiger partial charge in [0.05, 0.1) is 19.2 Å². The maximum absolute atomic E-state index is 13.0. The smallest absolute Gasteiger partial charge is 0.322 e. The van der Waals surface area contributed by atoms with Crippen LogP contribution in [0.4, 0.5) is 0 Å². The first kappa shape index (κ1) is 26.0. The van der Waals surface area contributed by atoms with E-state index in [2.05, 4.69) is 16.0 Å². The van der Waals surface area contributed by atoms with Gasteiger partial charge in [-0.25, -0.2) is 0 Å². The van der Waals surface area contributed by atoms with Gasteiger partial charge in [-0.2, -0.15) is 0 Å². The average Bonchev–Trinajstić information content (AvgIpc) is 3.41. The molecule has 0 bridgehead atoms. The van der Waals surface area contributed by atoms with Crippen molar-refractivity contribution in [1.29, 1.82) is 0 Å². The predicted molar refractivity (Wildman–Crippen MR) is 111 cm³/mol. The molecule has 2 saturated heterocycles. The van der Waals surface area contributed by atoms with E-state index in [-0.39, 0.29) is 25.4 Å². The van der Waals surface area contributed by atoms with Crippen molar-refractivity contribution in [3.05, 3.63) is 0 Å². The topological polar surface area (TPSA) is 211 Å². The van der Waals surface area contributed by atoms with E-state index in [0.29, 0.717) is 19.4 Å². The fourth-order valence-electron chi connectivity index (χ4n) is 3.90. The first-order chi connectivity index (χ1) is 15.5. The summed E-state index contributed by atoms with van der Waals surface area (Å²) in [5.74, 6) is -4.13. The van der Waals surface area contributed by atoms with Gasteiger partial charge in [-0.15, -0.1) is 0 Å². The number of carbonyl (C=O) groups excluding carboxylic acids is 5. The highest BCUT2D eigenvalue weighted by Crippen LogP contribution is 2.25. The van der Waals surface area contributed by atoms with Crippen molar-refractivity contribution in [1.82, 2.24) is 25.8 Å². The summed E-state index contributed by atoms with van der Waals surface area (Å²) in [7, 11) is 0. The van der Waals surface area contributed by atoms with Crippen molar-refractivity contribution in [2.75, 3.05) is 32.7 Å². The number of aliphatic hydroxyl groups is 1. The number of aliphatic carboxylic acids is 1. The Morgan fingerprint density at radius 3 is 2.39 bits per heavy atom. The van der Waals surface area contributed by atoms with Crippen LogP contribution in [0.15, 0.2) is 0 Å². The molecule has 4 atom stereocenters. The average molecular weight is 470 g/mol. The highest BCUT2D eigenvalue weighted by molar-refractivity contribution is 5.95. The minimum absolute atomic E-state index is 0.0231. The van der Waals surface area contributed by atoms with Crippen molar-refractivity contribution in [3.8, 4) is 0 Å². The van der Waals surface area contributed by atoms with Gasteiger partial charge in [-0.3, -0.25) is 28.8 Å². The molecule has 0 aromatic heterocycles. The van der Waals surface area contributed by atoms with Crippen LogP contribution in [0.3, 0.4) is 0 Å². The summed E-state index contributed by atoms with van der Waals surface area (Å²) in [6.45, 7) is 0.326. The van der Waals surface area contributed by atoms with E-state index < -0.39 is 66.9 Å². The molecule has 0 aromatic rings. The van der Waals surface area contributed by atoms with Gasteiger partial charge < -0.3 is 41.7 Å². The summed E-state index contributed by atoms with van der Waals surface area (Å²) in [5, 5.41) is 25.4. The zero-order valence-corrected chi connectivity index (χ0v) is 18.3. The number of nitrogens with two attached hydrogens (primary N) is 1. The summed E-state index contributed by atoms with van der Waals surface area (Å²) < 4.78 is 0. The van der Waals surface area contributed by atoms with Gasteiger partial charge >= 0.3 is 5.97 Å². The van der Waals surface area contributed by atoms with E-state index in [1.165, 1.54) is 16.7 Å². The van der Waals surface area contributed by atoms with Gasteiger partial charge in [0, 0.05) is 19.5 Å². The molecule has 0 radical (unpaired) electrons. The Balaban J connectivity index is 1.91. The Labute approximate surface area is 189 Å². The number of rotatable bonds is 9. The van der Waals surface area contributed by atoms with Crippen molar-refractivity contribution < 1.29 is 39.0 Å². The molecular formula is C19H30N6O8. The fraction of sp³-hybridized carbons (Fsp3) is 0.684. The number of carboxylic acids is 1. The molecule has 0 saturated carbocycles. The van der Waals surface area contributed by atoms with E-state index in [1.54, 1.807) is 0 Å². The van der Waals surface area contributed by atoms with Crippen LogP contribution in [0.1, 0.15) is 26.2 Å². The molecular weight excluding hydrogens is 440 g/mol. The number of carbonyl (C=O) groups is 6. The summed E-state index contributed by atoms with van der Waals surface area (Å²) in [5.41, 5.74) is 5.41. The van der Waals surface area contributed by atoms with Crippen LogP contribution >= 0.6 is 0 Å². The maximum atomic E-state index is 13.0. The SMILES string of the molecule is CC(NC(=O)CNC(=O)C1CC(O)CN1C(=O)C1CCCN1C(=O)CN)C(=O)NCC(=O)O. The Morgan fingerprint density at radius 1 is 1.06 bits per heavy atom. The molecule has 2 heterocycles. The van der Waals surface area contributed by atoms with Crippen LogP contribution in [0, 0.1) is 0 Å². The van der Waals surface area contributed by atoms with Crippen LogP contribution in [-0.2, 0) is 28.8 Å². The number of aliphatic hydroxyl groups excluding tert-OH is 1. The number of hydrogen-bond acceptors (Lipinski definition) is 8. The molecule has 5 amide bonds. The number of hydrogen-bond donors (Lipinski definition) is 6. The highest BCUT2D eigenvalue weighted by atomic mass is 16.4. The van der Waals surface area contributed by atoms with Gasteiger partial charge in [-0.1, -0.05) is 0 Å². The second-order valence-electron chi connectivity index (χ2n) is 7.96. The number of nitrogens with one attached hydrogen (secondary N) is 3. The van der Waals surface area contributed by atoms with Gasteiger partial charge in [-0.05, 0) is 19.8 Å². The Kier molecular flexibility index (Phi) is 9.11. The summed E-state index contributed by atoms with van der Waals surface area (Å²) in [6.07, 6.45) is 0.0884. The molecule has 33 heavy (non-hydrogen) atoms. The molecule has 2 aliphatic heterocycles. The number of likely N-dealkylation sites (tertiary alicyclic amines) is 2. The van der Waals surface area contributed by atoms with Crippen LogP contribution in [0.5, 0.6) is 0 Å². The second-order valence-corrected chi connectivity index (χ2v) is 7.96. The van der Waals surface area contributed by atoms with Crippen LogP contribution in [0.25, 0.3) is 0 Å². The third-order valence-corrected chi connectivity index (χ3v) is 5.51. The Hall–Kier alpha value is -3.26. The molecule has 7 N–H and O–H groups in total. The molecule has 14 nitrogen and oxygen atoms in total. The maximum Gasteiger partial charge on any atom is 0.322 e. The van der Waals surface area contributed by atoms with Crippen LogP contribution in [-0.4, -0.2) is 112 Å². The monoisotopic (exact) mass is 470 g/mol. The number of carboxylic acid groups (broad SMARTS) is 1. The quantitative estimate of drug-likeness (QED) is 0.192. The van der Waals surface area contributed by atoms with E-state index in [9.17, 15) is 33.9 Å². The summed E-state index contributed by atoms with van der Waals surface area (Å²) in [6, 6.07) is -2.81. The zero-order valence-electron chi connectivity index (χ0n) is 18.3. The number of nitrogens with zero attached hydrogens (tertiary/aromatic N) is 2. The first-order valence-corrected chi connectivity index (χ1v) is 10.6. The number of amides is 5. The van der Waals surface area contributed by atoms with Gasteiger partial charge in [0.1, 0.15) is 24.7 Å². The molecule has 2 fully saturated rings. The molecule has 2 rings (SSSR count). The van der Waals surface area contributed by atoms with Gasteiger partial charge in [0.25, 0.3) is 0 Å². The van der Waals surface area contributed by atoms with E-state index in [0.717, 1.165) is 0 Å².